The minimum atomic E-state index is -2.49. The van der Waals surface area contributed by atoms with E-state index < -0.39 is 25.0 Å². The Kier molecular flexibility index (Phi) is 7.34. The van der Waals surface area contributed by atoms with Gasteiger partial charge in [-0.3, -0.25) is 4.79 Å². The average molecular weight is 554 g/mol. The molecule has 1 saturated carbocycles. The van der Waals surface area contributed by atoms with Crippen LogP contribution in [0, 0.1) is 5.82 Å². The molecule has 1 heterocycles. The zero-order chi connectivity index (χ0) is 27.0. The molecule has 0 radical (unpaired) electrons. The van der Waals surface area contributed by atoms with E-state index in [1.165, 1.54) is 12.1 Å². The van der Waals surface area contributed by atoms with E-state index in [2.05, 4.69) is 16.7 Å². The Morgan fingerprint density at radius 3 is 2.53 bits per heavy atom. The topological polar surface area (TPSA) is 78.5 Å². The number of piperidine rings is 1. The fraction of sp³-hybridized carbons (Fsp3) is 0.310. The van der Waals surface area contributed by atoms with Crippen molar-refractivity contribution in [1.29, 1.82) is 0 Å². The van der Waals surface area contributed by atoms with E-state index in [4.69, 9.17) is 11.6 Å². The third kappa shape index (κ3) is 5.64. The van der Waals surface area contributed by atoms with Crippen molar-refractivity contribution in [1.82, 2.24) is 5.32 Å². The average Bonchev–Trinajstić information content (AvgIpc) is 3.72. The summed E-state index contributed by atoms with van der Waals surface area (Å²) in [6.07, 6.45) is 3.32. The minimum absolute atomic E-state index is 0.0115. The molecule has 2 N–H and O–H groups in total. The molecule has 9 heteroatoms. The van der Waals surface area contributed by atoms with Crippen molar-refractivity contribution in [2.45, 2.75) is 37.6 Å². The van der Waals surface area contributed by atoms with Gasteiger partial charge in [0.1, 0.15) is 19.0 Å². The number of hydrogen-bond donors (Lipinski definition) is 2. The van der Waals surface area contributed by atoms with Crippen molar-refractivity contribution >= 4 is 47.4 Å². The van der Waals surface area contributed by atoms with Crippen LogP contribution in [0.4, 0.5) is 20.6 Å². The summed E-state index contributed by atoms with van der Waals surface area (Å²) in [5, 5.41) is 6.25. The molecule has 3 aromatic carbocycles. The van der Waals surface area contributed by atoms with E-state index in [0.717, 1.165) is 53.0 Å². The van der Waals surface area contributed by atoms with Crippen LogP contribution in [0.1, 0.15) is 37.2 Å². The first-order valence-corrected chi connectivity index (χ1v) is 15.7. The number of rotatable bonds is 6. The fourth-order valence-corrected chi connectivity index (χ4v) is 6.42. The van der Waals surface area contributed by atoms with Crippen molar-refractivity contribution in [3.8, 4) is 11.1 Å². The van der Waals surface area contributed by atoms with E-state index in [9.17, 15) is 18.5 Å². The van der Waals surface area contributed by atoms with Gasteiger partial charge < -0.3 is 20.1 Å². The van der Waals surface area contributed by atoms with Gasteiger partial charge in [-0.25, -0.2) is 9.18 Å². The van der Waals surface area contributed by atoms with Crippen LogP contribution in [0.5, 0.6) is 0 Å². The predicted molar refractivity (Wildman–Crippen MR) is 152 cm³/mol. The van der Waals surface area contributed by atoms with Crippen LogP contribution < -0.4 is 20.8 Å². The molecule has 3 amide bonds. The lowest BCUT2D eigenvalue weighted by Gasteiger charge is -2.34. The second-order valence-corrected chi connectivity index (χ2v) is 13.9. The Bertz CT molecular complexity index is 1450. The first-order chi connectivity index (χ1) is 18.1. The molecule has 2 fully saturated rings. The molecule has 1 saturated heterocycles. The van der Waals surface area contributed by atoms with Crippen LogP contribution >= 0.6 is 18.7 Å². The number of anilines is 2. The lowest BCUT2D eigenvalue weighted by atomic mass is 9.96. The molecule has 1 aliphatic carbocycles. The molecule has 198 valence electrons. The van der Waals surface area contributed by atoms with Gasteiger partial charge in [0.05, 0.1) is 5.69 Å². The summed E-state index contributed by atoms with van der Waals surface area (Å²) in [7, 11) is -2.49. The lowest BCUT2D eigenvalue weighted by Crippen LogP contribution is -2.53. The summed E-state index contributed by atoms with van der Waals surface area (Å²) in [5.74, 6) is -0.475. The third-order valence-corrected chi connectivity index (χ3v) is 8.84. The van der Waals surface area contributed by atoms with Crippen LogP contribution in [0.15, 0.2) is 60.7 Å². The summed E-state index contributed by atoms with van der Waals surface area (Å²) in [6, 6.07) is 16.5. The van der Waals surface area contributed by atoms with Gasteiger partial charge in [0.25, 0.3) is 0 Å². The second-order valence-electron chi connectivity index (χ2n) is 10.3. The molecule has 0 unspecified atom stereocenters. The van der Waals surface area contributed by atoms with Gasteiger partial charge in [-0.15, -0.1) is 0 Å². The van der Waals surface area contributed by atoms with Gasteiger partial charge in [0.2, 0.25) is 5.91 Å². The van der Waals surface area contributed by atoms with Gasteiger partial charge in [-0.1, -0.05) is 41.9 Å². The van der Waals surface area contributed by atoms with Gasteiger partial charge in [0.15, 0.2) is 0 Å². The van der Waals surface area contributed by atoms with Crippen LogP contribution in [0.25, 0.3) is 11.1 Å². The largest absolute Gasteiger partial charge is 0.326 e. The number of urea groups is 1. The third-order valence-electron chi connectivity index (χ3n) is 7.05. The molecular formula is C29H30ClFN3O3P. The summed E-state index contributed by atoms with van der Waals surface area (Å²) >= 11 is 5.78. The normalized spacial score (nSPS) is 17.8. The van der Waals surface area contributed by atoms with Crippen molar-refractivity contribution in [3.05, 3.63) is 77.1 Å². The fourth-order valence-electron chi connectivity index (χ4n) is 5.03. The molecule has 0 aromatic heterocycles. The highest BCUT2D eigenvalue weighted by atomic mass is 35.5. The van der Waals surface area contributed by atoms with Crippen LogP contribution in [-0.2, 0) is 9.36 Å². The highest BCUT2D eigenvalue weighted by Crippen LogP contribution is 2.47. The number of nitrogens with one attached hydrogen (secondary N) is 2. The number of carbonyl (C=O) groups excluding carboxylic acids is 2. The molecule has 2 aliphatic rings. The lowest BCUT2D eigenvalue weighted by molar-refractivity contribution is -0.121. The van der Waals surface area contributed by atoms with Crippen molar-refractivity contribution in [2.24, 2.45) is 0 Å². The Labute approximate surface area is 226 Å². The maximum absolute atomic E-state index is 14.1. The zero-order valence-electron chi connectivity index (χ0n) is 21.3. The summed E-state index contributed by atoms with van der Waals surface area (Å²) in [5.41, 5.74) is 3.87. The van der Waals surface area contributed by atoms with E-state index in [1.807, 2.05) is 36.4 Å². The Hall–Kier alpha value is -3.15. The standard InChI is InChI=1S/C29H30ClFN3O3P/c1-38(2,37)27-8-4-3-6-21(27)19-11-14-26(22(16-19)18-9-10-18)34-15-5-7-25(28(34)35)33-29(36)32-24-13-12-20(30)17-23(24)31/h3-4,6,8,11-14,16-18,25H,5,7,9-10,15H2,1-2H3,(H2,32,33,36)/t25-/m1/s1. The monoisotopic (exact) mass is 553 g/mol. The number of halogens is 2. The molecule has 3 aromatic rings. The van der Waals surface area contributed by atoms with Crippen LogP contribution in [0.2, 0.25) is 5.02 Å². The van der Waals surface area contributed by atoms with Gasteiger partial charge in [-0.05, 0) is 92.0 Å². The molecule has 1 aliphatic heterocycles. The van der Waals surface area contributed by atoms with Crippen LogP contribution in [0.3, 0.4) is 0 Å². The first-order valence-electron chi connectivity index (χ1n) is 12.7. The maximum Gasteiger partial charge on any atom is 0.319 e. The Morgan fingerprint density at radius 1 is 1.05 bits per heavy atom. The molecule has 1 atom stereocenters. The van der Waals surface area contributed by atoms with Crippen molar-refractivity contribution in [3.63, 3.8) is 0 Å². The van der Waals surface area contributed by atoms with Crippen molar-refractivity contribution in [2.75, 3.05) is 30.1 Å². The van der Waals surface area contributed by atoms with Crippen molar-refractivity contribution < 1.29 is 18.5 Å². The number of hydrogen-bond acceptors (Lipinski definition) is 3. The van der Waals surface area contributed by atoms with E-state index in [1.54, 1.807) is 18.2 Å². The Morgan fingerprint density at radius 2 is 1.82 bits per heavy atom. The van der Waals surface area contributed by atoms with Gasteiger partial charge in [-0.2, -0.15) is 0 Å². The molecular weight excluding hydrogens is 524 g/mol. The van der Waals surface area contributed by atoms with E-state index in [0.29, 0.717) is 18.9 Å². The number of amides is 3. The van der Waals surface area contributed by atoms with E-state index in [-0.39, 0.29) is 16.6 Å². The second kappa shape index (κ2) is 10.5. The van der Waals surface area contributed by atoms with E-state index >= 15 is 0 Å². The molecule has 5 rings (SSSR count). The highest BCUT2D eigenvalue weighted by molar-refractivity contribution is 7.70. The highest BCUT2D eigenvalue weighted by Gasteiger charge is 2.35. The number of nitrogens with zero attached hydrogens (tertiary/aromatic N) is 1. The molecule has 6 nitrogen and oxygen atoms in total. The summed E-state index contributed by atoms with van der Waals surface area (Å²) in [4.78, 5) is 27.9. The maximum atomic E-state index is 14.1. The zero-order valence-corrected chi connectivity index (χ0v) is 23.0. The molecule has 0 spiro atoms. The number of benzene rings is 3. The minimum Gasteiger partial charge on any atom is -0.326 e. The van der Waals surface area contributed by atoms with Gasteiger partial charge in [0, 0.05) is 22.6 Å². The molecule has 38 heavy (non-hydrogen) atoms. The Balaban J connectivity index is 1.38. The SMILES string of the molecule is CP(C)(=O)c1ccccc1-c1ccc(N2CCC[C@@H](NC(=O)Nc3ccc(Cl)cc3F)C2=O)c(C2CC2)c1. The summed E-state index contributed by atoms with van der Waals surface area (Å²) in [6.45, 7) is 4.11. The van der Waals surface area contributed by atoms with Gasteiger partial charge >= 0.3 is 6.03 Å². The quantitative estimate of drug-likeness (QED) is 0.338. The smallest absolute Gasteiger partial charge is 0.319 e. The first kappa shape index (κ1) is 26.5. The molecule has 0 bridgehead atoms. The summed E-state index contributed by atoms with van der Waals surface area (Å²) < 4.78 is 27.1. The predicted octanol–water partition coefficient (Wildman–Crippen LogP) is 6.59. The van der Waals surface area contributed by atoms with Crippen LogP contribution in [-0.4, -0.2) is 37.9 Å². The number of carbonyl (C=O) groups is 2.